The van der Waals surface area contributed by atoms with Crippen LogP contribution in [0.4, 0.5) is 11.4 Å². The number of nitrogens with zero attached hydrogens (tertiary/aromatic N) is 2. The second-order valence-electron chi connectivity index (χ2n) is 7.74. The van der Waals surface area contributed by atoms with E-state index in [0.717, 1.165) is 54.6 Å². The molecule has 0 aromatic heterocycles. The highest BCUT2D eigenvalue weighted by Gasteiger charge is 2.17. The van der Waals surface area contributed by atoms with E-state index >= 15 is 0 Å². The van der Waals surface area contributed by atoms with E-state index < -0.39 is 0 Å². The molecule has 3 aromatic rings. The van der Waals surface area contributed by atoms with Crippen molar-refractivity contribution in [2.24, 2.45) is 0 Å². The van der Waals surface area contributed by atoms with Crippen molar-refractivity contribution in [3.05, 3.63) is 83.9 Å². The van der Waals surface area contributed by atoms with Gasteiger partial charge in [0.05, 0.1) is 19.8 Å². The van der Waals surface area contributed by atoms with Crippen LogP contribution in [0.5, 0.6) is 11.5 Å². The van der Waals surface area contributed by atoms with Gasteiger partial charge in [0.15, 0.2) is 0 Å². The summed E-state index contributed by atoms with van der Waals surface area (Å²) in [6.45, 7) is 5.72. The van der Waals surface area contributed by atoms with Crippen LogP contribution in [-0.2, 0) is 16.1 Å². The highest BCUT2D eigenvalue weighted by molar-refractivity contribution is 6.29. The first kappa shape index (κ1) is 22.2. The van der Waals surface area contributed by atoms with Crippen LogP contribution in [-0.4, -0.2) is 38.1 Å². The lowest BCUT2D eigenvalue weighted by atomic mass is 10.1. The zero-order valence-electron chi connectivity index (χ0n) is 18.2. The van der Waals surface area contributed by atoms with E-state index in [0.29, 0.717) is 6.54 Å². The monoisotopic (exact) mass is 450 g/mol. The van der Waals surface area contributed by atoms with E-state index in [1.165, 1.54) is 5.69 Å². The number of ether oxygens (including phenoxy) is 2. The van der Waals surface area contributed by atoms with E-state index in [-0.39, 0.29) is 11.8 Å². The average Bonchev–Trinajstić information content (AvgIpc) is 2.85. The first-order chi connectivity index (χ1) is 15.6. The minimum absolute atomic E-state index is 0.0762. The van der Waals surface area contributed by atoms with Crippen molar-refractivity contribution >= 4 is 28.9 Å². The second kappa shape index (κ2) is 10.5. The topological polar surface area (TPSA) is 42.0 Å². The number of hydrogen-bond acceptors (Lipinski definition) is 4. The summed E-state index contributed by atoms with van der Waals surface area (Å²) < 4.78 is 11.4. The predicted molar refractivity (Wildman–Crippen MR) is 129 cm³/mol. The predicted octanol–water partition coefficient (Wildman–Crippen LogP) is 5.40. The molecule has 32 heavy (non-hydrogen) atoms. The molecule has 5 nitrogen and oxygen atoms in total. The lowest BCUT2D eigenvalue weighted by Crippen LogP contribution is -2.36. The molecule has 0 saturated carbocycles. The molecule has 166 valence electrons. The molecule has 4 rings (SSSR count). The number of halogens is 1. The zero-order chi connectivity index (χ0) is 22.3. The Kier molecular flexibility index (Phi) is 7.30. The van der Waals surface area contributed by atoms with Gasteiger partial charge in [-0.15, -0.1) is 11.6 Å². The molecule has 1 amide bonds. The summed E-state index contributed by atoms with van der Waals surface area (Å²) in [4.78, 5) is 16.7. The Morgan fingerprint density at radius 1 is 1.03 bits per heavy atom. The van der Waals surface area contributed by atoms with Crippen molar-refractivity contribution in [1.82, 2.24) is 0 Å². The fourth-order valence-corrected chi connectivity index (χ4v) is 3.89. The maximum absolute atomic E-state index is 12.7. The lowest BCUT2D eigenvalue weighted by Gasteiger charge is -2.29. The maximum Gasteiger partial charge on any atom is 0.242 e. The van der Waals surface area contributed by atoms with Crippen molar-refractivity contribution in [3.63, 3.8) is 0 Å². The first-order valence-electron chi connectivity index (χ1n) is 10.8. The molecule has 0 bridgehead atoms. The van der Waals surface area contributed by atoms with Gasteiger partial charge in [0, 0.05) is 24.5 Å². The van der Waals surface area contributed by atoms with Crippen LogP contribution in [0.2, 0.25) is 0 Å². The van der Waals surface area contributed by atoms with Gasteiger partial charge in [-0.1, -0.05) is 30.3 Å². The van der Waals surface area contributed by atoms with Crippen molar-refractivity contribution in [3.8, 4) is 11.5 Å². The SMILES string of the molecule is Cc1cc(N(Cc2ccc(N3CCOCC3)cc2)C(=O)CCl)ccc1Oc1ccccc1. The summed E-state index contributed by atoms with van der Waals surface area (Å²) in [7, 11) is 0. The standard InChI is InChI=1S/C26H27ClN2O3/c1-20-17-23(11-12-25(20)32-24-5-3-2-4-6-24)29(26(30)18-27)19-21-7-9-22(10-8-21)28-13-15-31-16-14-28/h2-12,17H,13-16,18-19H2,1H3. The van der Waals surface area contributed by atoms with Gasteiger partial charge in [0.25, 0.3) is 0 Å². The molecule has 3 aromatic carbocycles. The maximum atomic E-state index is 12.7. The van der Waals surface area contributed by atoms with Crippen LogP contribution in [0.15, 0.2) is 72.8 Å². The summed E-state index contributed by atoms with van der Waals surface area (Å²) in [5.41, 5.74) is 3.96. The molecule has 0 atom stereocenters. The number of morpholine rings is 1. The Balaban J connectivity index is 1.51. The average molecular weight is 451 g/mol. The van der Waals surface area contributed by atoms with Crippen molar-refractivity contribution in [2.75, 3.05) is 42.0 Å². The summed E-state index contributed by atoms with van der Waals surface area (Å²) in [6, 6.07) is 23.8. The molecule has 0 aliphatic carbocycles. The van der Waals surface area contributed by atoms with Gasteiger partial charge in [0.2, 0.25) is 5.91 Å². The number of anilines is 2. The normalized spacial score (nSPS) is 13.6. The third-order valence-electron chi connectivity index (χ3n) is 5.51. The van der Waals surface area contributed by atoms with Gasteiger partial charge >= 0.3 is 0 Å². The molecular formula is C26H27ClN2O3. The van der Waals surface area contributed by atoms with Crippen LogP contribution in [0.25, 0.3) is 0 Å². The van der Waals surface area contributed by atoms with Gasteiger partial charge < -0.3 is 19.3 Å². The summed E-state index contributed by atoms with van der Waals surface area (Å²) in [6.07, 6.45) is 0. The number of amides is 1. The molecule has 0 N–H and O–H groups in total. The number of alkyl halides is 1. The Bertz CT molecular complexity index is 1030. The Hall–Kier alpha value is -3.02. The van der Waals surface area contributed by atoms with E-state index in [4.69, 9.17) is 21.1 Å². The van der Waals surface area contributed by atoms with E-state index in [1.807, 2.05) is 55.5 Å². The zero-order valence-corrected chi connectivity index (χ0v) is 18.9. The number of hydrogen-bond donors (Lipinski definition) is 0. The van der Waals surface area contributed by atoms with Gasteiger partial charge in [-0.2, -0.15) is 0 Å². The molecule has 0 spiro atoms. The van der Waals surface area contributed by atoms with Gasteiger partial charge in [-0.25, -0.2) is 0 Å². The smallest absolute Gasteiger partial charge is 0.242 e. The Morgan fingerprint density at radius 2 is 1.75 bits per heavy atom. The Labute approximate surface area is 194 Å². The summed E-state index contributed by atoms with van der Waals surface area (Å²) in [5.74, 6) is 1.32. The van der Waals surface area contributed by atoms with Gasteiger partial charge in [0.1, 0.15) is 17.4 Å². The van der Waals surface area contributed by atoms with Crippen LogP contribution in [0.3, 0.4) is 0 Å². The number of para-hydroxylation sites is 1. The first-order valence-corrected chi connectivity index (χ1v) is 11.3. The molecule has 0 unspecified atom stereocenters. The van der Waals surface area contributed by atoms with Crippen LogP contribution in [0, 0.1) is 6.92 Å². The minimum atomic E-state index is -0.139. The molecule has 1 heterocycles. The molecule has 1 saturated heterocycles. The van der Waals surface area contributed by atoms with Crippen molar-refractivity contribution in [1.29, 1.82) is 0 Å². The molecule has 1 aliphatic heterocycles. The number of carbonyl (C=O) groups is 1. The van der Waals surface area contributed by atoms with Crippen LogP contribution in [0.1, 0.15) is 11.1 Å². The summed E-state index contributed by atoms with van der Waals surface area (Å²) in [5, 5.41) is 0. The molecule has 1 aliphatic rings. The van der Waals surface area contributed by atoms with Crippen LogP contribution >= 0.6 is 11.6 Å². The van der Waals surface area contributed by atoms with Crippen molar-refractivity contribution in [2.45, 2.75) is 13.5 Å². The van der Waals surface area contributed by atoms with Gasteiger partial charge in [-0.3, -0.25) is 4.79 Å². The van der Waals surface area contributed by atoms with Crippen LogP contribution < -0.4 is 14.5 Å². The lowest BCUT2D eigenvalue weighted by molar-refractivity contribution is -0.116. The number of benzene rings is 3. The number of rotatable bonds is 7. The van der Waals surface area contributed by atoms with Gasteiger partial charge in [-0.05, 0) is 60.5 Å². The highest BCUT2D eigenvalue weighted by atomic mass is 35.5. The number of carbonyl (C=O) groups excluding carboxylic acids is 1. The fraction of sp³-hybridized carbons (Fsp3) is 0.269. The quantitative estimate of drug-likeness (QED) is 0.452. The fourth-order valence-electron chi connectivity index (χ4n) is 3.74. The Morgan fingerprint density at radius 3 is 2.41 bits per heavy atom. The molecule has 6 heteroatoms. The minimum Gasteiger partial charge on any atom is -0.457 e. The second-order valence-corrected chi connectivity index (χ2v) is 8.01. The third kappa shape index (κ3) is 5.42. The molecule has 1 fully saturated rings. The van der Waals surface area contributed by atoms with E-state index in [2.05, 4.69) is 29.2 Å². The van der Waals surface area contributed by atoms with Crippen molar-refractivity contribution < 1.29 is 14.3 Å². The molecular weight excluding hydrogens is 424 g/mol. The van der Waals surface area contributed by atoms with E-state index in [1.54, 1.807) is 4.90 Å². The summed E-state index contributed by atoms with van der Waals surface area (Å²) >= 11 is 5.93. The highest BCUT2D eigenvalue weighted by Crippen LogP contribution is 2.30. The number of aryl methyl sites for hydroxylation is 1. The third-order valence-corrected chi connectivity index (χ3v) is 5.74. The largest absolute Gasteiger partial charge is 0.457 e. The van der Waals surface area contributed by atoms with E-state index in [9.17, 15) is 4.79 Å². The molecule has 0 radical (unpaired) electrons.